The van der Waals surface area contributed by atoms with Crippen molar-refractivity contribution in [2.75, 3.05) is 0 Å². The smallest absolute Gasteiger partial charge is 0.152 e. The van der Waals surface area contributed by atoms with Gasteiger partial charge in [0.05, 0.1) is 10.7 Å². The zero-order valence-corrected chi connectivity index (χ0v) is 15.3. The van der Waals surface area contributed by atoms with Gasteiger partial charge in [-0.1, -0.05) is 54.9 Å². The molecular formula is C21H24ClNO. The van der Waals surface area contributed by atoms with Crippen LogP contribution in [-0.2, 0) is 13.0 Å². The highest BCUT2D eigenvalue weighted by molar-refractivity contribution is 6.49. The van der Waals surface area contributed by atoms with Crippen LogP contribution in [0.3, 0.4) is 0 Å². The van der Waals surface area contributed by atoms with Crippen molar-refractivity contribution < 1.29 is 4.79 Å². The molecule has 0 radical (unpaired) electrons. The Bertz CT molecular complexity index is 773. The zero-order valence-electron chi connectivity index (χ0n) is 14.6. The number of hydrogen-bond donors (Lipinski definition) is 0. The summed E-state index contributed by atoms with van der Waals surface area (Å²) in [5.41, 5.74) is 5.02. The topological polar surface area (TPSA) is 22.0 Å². The molecule has 1 aromatic heterocycles. The Morgan fingerprint density at radius 1 is 1.29 bits per heavy atom. The van der Waals surface area contributed by atoms with Crippen LogP contribution in [0.2, 0.25) is 0 Å². The average molecular weight is 342 g/mol. The van der Waals surface area contributed by atoms with Gasteiger partial charge in [-0.15, -0.1) is 0 Å². The second-order valence-electron chi connectivity index (χ2n) is 6.92. The Labute approximate surface area is 149 Å². The summed E-state index contributed by atoms with van der Waals surface area (Å²) < 4.78 is 2.25. The largest absolute Gasteiger partial charge is 0.343 e. The molecule has 0 bridgehead atoms. The molecule has 0 N–H and O–H groups in total. The van der Waals surface area contributed by atoms with Gasteiger partial charge in [0, 0.05) is 17.8 Å². The van der Waals surface area contributed by atoms with E-state index in [-0.39, 0.29) is 0 Å². The lowest BCUT2D eigenvalue weighted by Gasteiger charge is -2.12. The van der Waals surface area contributed by atoms with E-state index < -0.39 is 0 Å². The second kappa shape index (κ2) is 6.98. The molecule has 126 valence electrons. The number of allylic oxidation sites excluding steroid dienone is 1. The third-order valence-electron chi connectivity index (χ3n) is 5.27. The van der Waals surface area contributed by atoms with Crippen LogP contribution in [0.25, 0.3) is 5.03 Å². The van der Waals surface area contributed by atoms with Crippen molar-refractivity contribution in [3.63, 3.8) is 0 Å². The number of benzene rings is 1. The molecule has 1 saturated carbocycles. The van der Waals surface area contributed by atoms with E-state index in [4.69, 9.17) is 11.6 Å². The summed E-state index contributed by atoms with van der Waals surface area (Å²) in [5, 5.41) is 0.672. The number of halogens is 1. The van der Waals surface area contributed by atoms with Crippen molar-refractivity contribution in [3.8, 4) is 0 Å². The van der Waals surface area contributed by atoms with E-state index in [0.717, 1.165) is 47.7 Å². The average Bonchev–Trinajstić information content (AvgIpc) is 3.24. The van der Waals surface area contributed by atoms with Crippen LogP contribution < -0.4 is 0 Å². The molecule has 24 heavy (non-hydrogen) atoms. The Morgan fingerprint density at radius 3 is 2.54 bits per heavy atom. The maximum Gasteiger partial charge on any atom is 0.152 e. The highest BCUT2D eigenvalue weighted by atomic mass is 35.5. The Hall–Kier alpha value is -1.80. The lowest BCUT2D eigenvalue weighted by Crippen LogP contribution is -2.07. The lowest BCUT2D eigenvalue weighted by atomic mass is 10.1. The zero-order chi connectivity index (χ0) is 17.3. The van der Waals surface area contributed by atoms with E-state index in [1.165, 1.54) is 12.0 Å². The molecule has 0 spiro atoms. The molecule has 1 heterocycles. The molecule has 1 aliphatic rings. The number of hydrogen-bond acceptors (Lipinski definition) is 1. The first kappa shape index (κ1) is 17.0. The normalized spacial score (nSPS) is 20.2. The predicted molar refractivity (Wildman–Crippen MR) is 101 cm³/mol. The summed E-state index contributed by atoms with van der Waals surface area (Å²) in [4.78, 5) is 11.7. The molecule has 3 rings (SSSR count). The van der Waals surface area contributed by atoms with Gasteiger partial charge in [-0.2, -0.15) is 0 Å². The van der Waals surface area contributed by atoms with Gasteiger partial charge < -0.3 is 4.57 Å². The van der Waals surface area contributed by atoms with Gasteiger partial charge in [0.2, 0.25) is 0 Å². The van der Waals surface area contributed by atoms with E-state index in [0.29, 0.717) is 11.0 Å². The van der Waals surface area contributed by atoms with Gasteiger partial charge in [-0.3, -0.25) is 4.79 Å². The van der Waals surface area contributed by atoms with Gasteiger partial charge in [0.15, 0.2) is 6.29 Å². The van der Waals surface area contributed by atoms with Gasteiger partial charge in [-0.25, -0.2) is 0 Å². The Morgan fingerprint density at radius 2 is 1.96 bits per heavy atom. The van der Waals surface area contributed by atoms with E-state index in [1.54, 1.807) is 0 Å². The fraction of sp³-hybridized carbons (Fsp3) is 0.381. The van der Waals surface area contributed by atoms with E-state index >= 15 is 0 Å². The van der Waals surface area contributed by atoms with Crippen LogP contribution in [0.4, 0.5) is 0 Å². The molecule has 1 aliphatic carbocycles. The first-order valence-corrected chi connectivity index (χ1v) is 8.95. The maximum atomic E-state index is 11.7. The molecular weight excluding hydrogens is 318 g/mol. The van der Waals surface area contributed by atoms with E-state index in [2.05, 4.69) is 30.5 Å². The number of nitrogens with zero attached hydrogens (tertiary/aromatic N) is 1. The standard InChI is InChI=1S/C21H24ClNO/c1-14-11-18(14)12-23-16(3)15(2)19(13-24)21(23)20(22)10-9-17-7-5-4-6-8-17/h4-8,10,13-14,18H,9,11-12H2,1-3H3. The molecule has 2 unspecified atom stereocenters. The number of aromatic nitrogens is 1. The van der Waals surface area contributed by atoms with Gasteiger partial charge in [-0.05, 0) is 49.7 Å². The fourth-order valence-corrected chi connectivity index (χ4v) is 3.61. The SMILES string of the molecule is Cc1c(C=O)c(C(Cl)=CCc2ccccc2)n(CC2CC2C)c1C. The Balaban J connectivity index is 1.95. The summed E-state index contributed by atoms with van der Waals surface area (Å²) in [6.07, 6.45) is 4.99. The third-order valence-corrected chi connectivity index (χ3v) is 5.61. The van der Waals surface area contributed by atoms with Gasteiger partial charge in [0.25, 0.3) is 0 Å². The van der Waals surface area contributed by atoms with Crippen LogP contribution >= 0.6 is 11.6 Å². The molecule has 1 fully saturated rings. The second-order valence-corrected chi connectivity index (χ2v) is 7.32. The summed E-state index contributed by atoms with van der Waals surface area (Å²) >= 11 is 6.65. The number of carbonyl (C=O) groups is 1. The summed E-state index contributed by atoms with van der Waals surface area (Å²) in [5.74, 6) is 1.47. The number of aldehydes is 1. The van der Waals surface area contributed by atoms with Crippen LogP contribution in [0, 0.1) is 25.7 Å². The number of carbonyl (C=O) groups excluding carboxylic acids is 1. The summed E-state index contributed by atoms with van der Waals surface area (Å²) in [6.45, 7) is 7.33. The van der Waals surface area contributed by atoms with Crippen LogP contribution in [0.15, 0.2) is 36.4 Å². The fourth-order valence-electron chi connectivity index (χ4n) is 3.32. The van der Waals surface area contributed by atoms with Crippen LogP contribution in [0.5, 0.6) is 0 Å². The lowest BCUT2D eigenvalue weighted by molar-refractivity contribution is 0.112. The molecule has 2 atom stereocenters. The predicted octanol–water partition coefficient (Wildman–Crippen LogP) is 5.40. The van der Waals surface area contributed by atoms with Crippen molar-refractivity contribution in [1.82, 2.24) is 4.57 Å². The minimum absolute atomic E-state index is 0.672. The minimum Gasteiger partial charge on any atom is -0.343 e. The van der Waals surface area contributed by atoms with E-state index in [1.807, 2.05) is 31.2 Å². The van der Waals surface area contributed by atoms with Gasteiger partial charge in [0.1, 0.15) is 0 Å². The van der Waals surface area contributed by atoms with Crippen molar-refractivity contribution in [2.45, 2.75) is 40.2 Å². The molecule has 0 saturated heterocycles. The van der Waals surface area contributed by atoms with Crippen molar-refractivity contribution in [3.05, 3.63) is 64.5 Å². The number of rotatable bonds is 6. The van der Waals surface area contributed by atoms with Crippen molar-refractivity contribution in [2.24, 2.45) is 11.8 Å². The molecule has 0 aliphatic heterocycles. The highest BCUT2D eigenvalue weighted by Gasteiger charge is 2.34. The Kier molecular flexibility index (Phi) is 4.96. The molecule has 1 aromatic carbocycles. The first-order chi connectivity index (χ1) is 11.5. The quantitative estimate of drug-likeness (QED) is 0.645. The van der Waals surface area contributed by atoms with Crippen LogP contribution in [-0.4, -0.2) is 10.9 Å². The molecule has 3 heteroatoms. The van der Waals surface area contributed by atoms with Crippen LogP contribution in [0.1, 0.15) is 46.2 Å². The van der Waals surface area contributed by atoms with Gasteiger partial charge >= 0.3 is 0 Å². The highest BCUT2D eigenvalue weighted by Crippen LogP contribution is 2.41. The first-order valence-electron chi connectivity index (χ1n) is 8.57. The van der Waals surface area contributed by atoms with Crippen molar-refractivity contribution in [1.29, 1.82) is 0 Å². The molecule has 0 amide bonds. The summed E-state index contributed by atoms with van der Waals surface area (Å²) in [7, 11) is 0. The van der Waals surface area contributed by atoms with Crippen molar-refractivity contribution >= 4 is 22.9 Å². The third kappa shape index (κ3) is 3.34. The molecule has 2 nitrogen and oxygen atoms in total. The molecule has 2 aromatic rings. The van der Waals surface area contributed by atoms with E-state index in [9.17, 15) is 4.79 Å². The monoisotopic (exact) mass is 341 g/mol. The minimum atomic E-state index is 0.672. The maximum absolute atomic E-state index is 11.7. The summed E-state index contributed by atoms with van der Waals surface area (Å²) in [6, 6.07) is 10.2.